The zero-order valence-electron chi connectivity index (χ0n) is 12.0. The molecule has 2 amide bonds. The summed E-state index contributed by atoms with van der Waals surface area (Å²) in [7, 11) is 0. The Balaban J connectivity index is 1.76. The van der Waals surface area contributed by atoms with Crippen LogP contribution in [0.2, 0.25) is 10.0 Å². The van der Waals surface area contributed by atoms with Crippen molar-refractivity contribution in [3.8, 4) is 0 Å². The van der Waals surface area contributed by atoms with Gasteiger partial charge in [0.2, 0.25) is 5.91 Å². The quantitative estimate of drug-likeness (QED) is 0.896. The highest BCUT2D eigenvalue weighted by Gasteiger charge is 2.34. The molecule has 1 fully saturated rings. The molecule has 0 aliphatic carbocycles. The lowest BCUT2D eigenvalue weighted by Crippen LogP contribution is -2.43. The number of carbonyl (C=O) groups is 2. The summed E-state index contributed by atoms with van der Waals surface area (Å²) in [5.74, 6) is -0.439. The zero-order chi connectivity index (χ0) is 16.4. The highest BCUT2D eigenvalue weighted by Crippen LogP contribution is 2.26. The molecule has 1 N–H and O–H groups in total. The Morgan fingerprint density at radius 1 is 1.30 bits per heavy atom. The lowest BCUT2D eigenvalue weighted by molar-refractivity contribution is -0.119. The van der Waals surface area contributed by atoms with Gasteiger partial charge in [-0.2, -0.15) is 0 Å². The van der Waals surface area contributed by atoms with Crippen LogP contribution in [0.4, 0.5) is 5.13 Å². The summed E-state index contributed by atoms with van der Waals surface area (Å²) < 4.78 is 0. The molecule has 0 radical (unpaired) electrons. The van der Waals surface area contributed by atoms with Crippen LogP contribution in [0.25, 0.3) is 0 Å². The van der Waals surface area contributed by atoms with E-state index in [-0.39, 0.29) is 11.8 Å². The molecule has 1 aliphatic heterocycles. The van der Waals surface area contributed by atoms with Crippen molar-refractivity contribution >= 4 is 51.5 Å². The third kappa shape index (κ3) is 3.49. The molecule has 5 nitrogen and oxygen atoms in total. The van der Waals surface area contributed by atoms with Gasteiger partial charge in [-0.15, -0.1) is 11.3 Å². The second kappa shape index (κ2) is 6.86. The molecule has 120 valence electrons. The van der Waals surface area contributed by atoms with Gasteiger partial charge in [0.25, 0.3) is 5.91 Å². The van der Waals surface area contributed by atoms with Crippen molar-refractivity contribution in [1.29, 1.82) is 0 Å². The lowest BCUT2D eigenvalue weighted by Gasteiger charge is -2.23. The number of benzene rings is 1. The Morgan fingerprint density at radius 2 is 2.13 bits per heavy atom. The van der Waals surface area contributed by atoms with Gasteiger partial charge in [0.15, 0.2) is 5.13 Å². The van der Waals surface area contributed by atoms with E-state index in [0.717, 1.165) is 6.42 Å². The zero-order valence-corrected chi connectivity index (χ0v) is 14.3. The van der Waals surface area contributed by atoms with Crippen molar-refractivity contribution in [2.75, 3.05) is 11.9 Å². The fourth-order valence-corrected chi connectivity index (χ4v) is 3.38. The van der Waals surface area contributed by atoms with Crippen LogP contribution in [-0.2, 0) is 4.79 Å². The predicted molar refractivity (Wildman–Crippen MR) is 91.3 cm³/mol. The molecule has 1 aromatic heterocycles. The summed E-state index contributed by atoms with van der Waals surface area (Å²) in [6.45, 7) is 0.537. The van der Waals surface area contributed by atoms with Gasteiger partial charge in [0, 0.05) is 23.7 Å². The van der Waals surface area contributed by atoms with Crippen molar-refractivity contribution in [1.82, 2.24) is 9.88 Å². The number of amides is 2. The number of carbonyl (C=O) groups excluding carboxylic acids is 2. The normalized spacial score (nSPS) is 17.3. The molecule has 0 spiro atoms. The molecule has 0 saturated carbocycles. The van der Waals surface area contributed by atoms with Crippen LogP contribution in [0.3, 0.4) is 0 Å². The molecule has 1 aliphatic rings. The highest BCUT2D eigenvalue weighted by atomic mass is 35.5. The second-order valence-corrected chi connectivity index (χ2v) is 6.82. The van der Waals surface area contributed by atoms with E-state index in [4.69, 9.17) is 23.2 Å². The number of rotatable bonds is 3. The van der Waals surface area contributed by atoms with E-state index >= 15 is 0 Å². The summed E-state index contributed by atoms with van der Waals surface area (Å²) in [6.07, 6.45) is 3.03. The summed E-state index contributed by atoms with van der Waals surface area (Å²) in [6, 6.07) is 4.23. The molecule has 1 saturated heterocycles. The molecule has 0 bridgehead atoms. The standard InChI is InChI=1S/C15H13Cl2N3O2S/c16-10-4-3-9(8-11(10)17)14(22)20-6-1-2-12(20)13(21)19-15-18-5-7-23-15/h3-5,7-8,12H,1-2,6H2,(H,18,19,21). The minimum Gasteiger partial charge on any atom is -0.327 e. The number of nitrogens with one attached hydrogen (secondary N) is 1. The van der Waals surface area contributed by atoms with Crippen molar-refractivity contribution in [2.24, 2.45) is 0 Å². The Hall–Kier alpha value is -1.63. The molecule has 1 atom stereocenters. The number of hydrogen-bond donors (Lipinski definition) is 1. The SMILES string of the molecule is O=C(Nc1nccs1)C1CCCN1C(=O)c1ccc(Cl)c(Cl)c1. The van der Waals surface area contributed by atoms with E-state index in [2.05, 4.69) is 10.3 Å². The van der Waals surface area contributed by atoms with E-state index in [0.29, 0.717) is 33.7 Å². The number of aromatic nitrogens is 1. The molecule has 3 rings (SSSR count). The molecule has 2 heterocycles. The molecule has 2 aromatic rings. The molecule has 23 heavy (non-hydrogen) atoms. The first-order chi connectivity index (χ1) is 11.1. The number of nitrogens with zero attached hydrogens (tertiary/aromatic N) is 2. The average Bonchev–Trinajstić information content (AvgIpc) is 3.20. The monoisotopic (exact) mass is 369 g/mol. The van der Waals surface area contributed by atoms with E-state index in [1.165, 1.54) is 17.4 Å². The maximum atomic E-state index is 12.7. The largest absolute Gasteiger partial charge is 0.327 e. The molecular formula is C15H13Cl2N3O2S. The van der Waals surface area contributed by atoms with Gasteiger partial charge < -0.3 is 10.2 Å². The van der Waals surface area contributed by atoms with Gasteiger partial charge in [-0.05, 0) is 31.0 Å². The number of thiazole rings is 1. The number of likely N-dealkylation sites (tertiary alicyclic amines) is 1. The minimum atomic E-state index is -0.499. The van der Waals surface area contributed by atoms with Gasteiger partial charge >= 0.3 is 0 Å². The van der Waals surface area contributed by atoms with E-state index in [9.17, 15) is 9.59 Å². The van der Waals surface area contributed by atoms with Crippen molar-refractivity contribution < 1.29 is 9.59 Å². The number of anilines is 1. The van der Waals surface area contributed by atoms with Gasteiger partial charge in [0.1, 0.15) is 6.04 Å². The summed E-state index contributed by atoms with van der Waals surface area (Å²) in [5.41, 5.74) is 0.424. The topological polar surface area (TPSA) is 62.3 Å². The van der Waals surface area contributed by atoms with Crippen molar-refractivity contribution in [3.63, 3.8) is 0 Å². The number of hydrogen-bond acceptors (Lipinski definition) is 4. The average molecular weight is 370 g/mol. The van der Waals surface area contributed by atoms with Gasteiger partial charge in [-0.25, -0.2) is 4.98 Å². The van der Waals surface area contributed by atoms with Crippen LogP contribution >= 0.6 is 34.5 Å². The van der Waals surface area contributed by atoms with Gasteiger partial charge in [0.05, 0.1) is 10.0 Å². The summed E-state index contributed by atoms with van der Waals surface area (Å²) in [4.78, 5) is 30.7. The third-order valence-electron chi connectivity index (χ3n) is 3.65. The van der Waals surface area contributed by atoms with Crippen molar-refractivity contribution in [3.05, 3.63) is 45.4 Å². The van der Waals surface area contributed by atoms with Crippen molar-refractivity contribution in [2.45, 2.75) is 18.9 Å². The molecule has 1 aromatic carbocycles. The summed E-state index contributed by atoms with van der Waals surface area (Å²) in [5, 5.41) is 5.77. The van der Waals surface area contributed by atoms with Crippen LogP contribution in [-0.4, -0.2) is 34.3 Å². The molecular weight excluding hydrogens is 357 g/mol. The molecule has 1 unspecified atom stereocenters. The first-order valence-corrected chi connectivity index (χ1v) is 8.66. The Bertz CT molecular complexity index is 736. The Kier molecular flexibility index (Phi) is 4.84. The Labute approximate surface area is 147 Å². The van der Waals surface area contributed by atoms with E-state index in [1.807, 2.05) is 0 Å². The summed E-state index contributed by atoms with van der Waals surface area (Å²) >= 11 is 13.2. The predicted octanol–water partition coefficient (Wildman–Crippen LogP) is 3.69. The van der Waals surface area contributed by atoms with Crippen LogP contribution in [0.15, 0.2) is 29.8 Å². The fourth-order valence-electron chi connectivity index (χ4n) is 2.55. The smallest absolute Gasteiger partial charge is 0.254 e. The second-order valence-electron chi connectivity index (χ2n) is 5.11. The van der Waals surface area contributed by atoms with Crippen LogP contribution in [0.1, 0.15) is 23.2 Å². The number of halogens is 2. The highest BCUT2D eigenvalue weighted by molar-refractivity contribution is 7.13. The van der Waals surface area contributed by atoms with Gasteiger partial charge in [-0.3, -0.25) is 9.59 Å². The van der Waals surface area contributed by atoms with Crippen LogP contribution < -0.4 is 5.32 Å². The van der Waals surface area contributed by atoms with Crippen LogP contribution in [0, 0.1) is 0 Å². The first kappa shape index (κ1) is 16.2. The van der Waals surface area contributed by atoms with Gasteiger partial charge in [-0.1, -0.05) is 23.2 Å². The van der Waals surface area contributed by atoms with Crippen LogP contribution in [0.5, 0.6) is 0 Å². The lowest BCUT2D eigenvalue weighted by atomic mass is 10.1. The van der Waals surface area contributed by atoms with E-state index in [1.54, 1.807) is 28.6 Å². The maximum Gasteiger partial charge on any atom is 0.254 e. The minimum absolute atomic E-state index is 0.217. The first-order valence-electron chi connectivity index (χ1n) is 7.02. The molecule has 8 heteroatoms. The Morgan fingerprint density at radius 3 is 2.83 bits per heavy atom. The fraction of sp³-hybridized carbons (Fsp3) is 0.267. The van der Waals surface area contributed by atoms with E-state index < -0.39 is 6.04 Å². The third-order valence-corrected chi connectivity index (χ3v) is 5.07. The maximum absolute atomic E-state index is 12.7.